The molecule has 0 spiro atoms. The van der Waals surface area contributed by atoms with Crippen molar-refractivity contribution in [1.82, 2.24) is 15.2 Å². The molecular weight excluding hydrogens is 266 g/mol. The Morgan fingerprint density at radius 3 is 2.95 bits per heavy atom. The lowest BCUT2D eigenvalue weighted by molar-refractivity contribution is 0.410. The maximum Gasteiger partial charge on any atom is 0.244 e. The molecule has 6 heteroatoms. The number of rotatable bonds is 8. The number of nitrogens with one attached hydrogen (secondary N) is 2. The van der Waals surface area contributed by atoms with Gasteiger partial charge in [-0.3, -0.25) is 0 Å². The lowest BCUT2D eigenvalue weighted by atomic mass is 10.1. The zero-order valence-electron chi connectivity index (χ0n) is 12.0. The molecule has 0 fully saturated rings. The van der Waals surface area contributed by atoms with Crippen molar-refractivity contribution in [3.05, 3.63) is 48.7 Å². The van der Waals surface area contributed by atoms with Crippen LogP contribution in [-0.4, -0.2) is 35.4 Å². The summed E-state index contributed by atoms with van der Waals surface area (Å²) in [5.74, 6) is 2.06. The molecule has 0 bridgehead atoms. The van der Waals surface area contributed by atoms with Crippen LogP contribution in [0.4, 0.5) is 11.8 Å². The van der Waals surface area contributed by atoms with Gasteiger partial charge in [0.25, 0.3) is 0 Å². The Labute approximate surface area is 124 Å². The van der Waals surface area contributed by atoms with E-state index in [1.54, 1.807) is 19.4 Å². The van der Waals surface area contributed by atoms with Crippen LogP contribution in [0.1, 0.15) is 5.56 Å². The SMILES string of the molecule is C=CCNc1cnnc(NCCc2ccccc2OC)n1. The third-order valence-electron chi connectivity index (χ3n) is 2.86. The first-order valence-corrected chi connectivity index (χ1v) is 6.73. The lowest BCUT2D eigenvalue weighted by Crippen LogP contribution is -2.11. The van der Waals surface area contributed by atoms with Gasteiger partial charge in [-0.15, -0.1) is 11.7 Å². The minimum atomic E-state index is 0.499. The minimum absolute atomic E-state index is 0.499. The van der Waals surface area contributed by atoms with Crippen molar-refractivity contribution in [2.75, 3.05) is 30.8 Å². The van der Waals surface area contributed by atoms with Gasteiger partial charge >= 0.3 is 0 Å². The molecule has 21 heavy (non-hydrogen) atoms. The maximum atomic E-state index is 5.32. The number of ether oxygens (including phenoxy) is 1. The van der Waals surface area contributed by atoms with Crippen molar-refractivity contribution in [2.24, 2.45) is 0 Å². The van der Waals surface area contributed by atoms with Gasteiger partial charge < -0.3 is 15.4 Å². The van der Waals surface area contributed by atoms with Crippen molar-refractivity contribution >= 4 is 11.8 Å². The predicted molar refractivity (Wildman–Crippen MR) is 83.7 cm³/mol. The zero-order chi connectivity index (χ0) is 14.9. The van der Waals surface area contributed by atoms with E-state index in [0.717, 1.165) is 17.7 Å². The van der Waals surface area contributed by atoms with E-state index in [1.165, 1.54) is 0 Å². The van der Waals surface area contributed by atoms with Gasteiger partial charge in [0.15, 0.2) is 5.82 Å². The minimum Gasteiger partial charge on any atom is -0.496 e. The fraction of sp³-hybridized carbons (Fsp3) is 0.267. The van der Waals surface area contributed by atoms with Crippen molar-refractivity contribution in [2.45, 2.75) is 6.42 Å². The van der Waals surface area contributed by atoms with Crippen LogP contribution in [-0.2, 0) is 6.42 Å². The quantitative estimate of drug-likeness (QED) is 0.724. The number of anilines is 2. The molecule has 0 unspecified atom stereocenters. The van der Waals surface area contributed by atoms with Gasteiger partial charge in [0.2, 0.25) is 5.95 Å². The van der Waals surface area contributed by atoms with Crippen LogP contribution in [0.2, 0.25) is 0 Å². The van der Waals surface area contributed by atoms with Crippen molar-refractivity contribution in [3.63, 3.8) is 0 Å². The Morgan fingerprint density at radius 1 is 1.29 bits per heavy atom. The number of benzene rings is 1. The number of para-hydroxylation sites is 1. The highest BCUT2D eigenvalue weighted by molar-refractivity contribution is 5.38. The molecule has 1 aromatic heterocycles. The summed E-state index contributed by atoms with van der Waals surface area (Å²) in [6, 6.07) is 7.95. The Morgan fingerprint density at radius 2 is 2.14 bits per heavy atom. The van der Waals surface area contributed by atoms with Crippen LogP contribution in [0.3, 0.4) is 0 Å². The second kappa shape index (κ2) is 7.84. The molecule has 0 aliphatic rings. The van der Waals surface area contributed by atoms with Gasteiger partial charge in [-0.05, 0) is 18.1 Å². The molecule has 2 rings (SSSR count). The maximum absolute atomic E-state index is 5.32. The van der Waals surface area contributed by atoms with E-state index >= 15 is 0 Å². The summed E-state index contributed by atoms with van der Waals surface area (Å²) in [6.45, 7) is 4.98. The third kappa shape index (κ3) is 4.45. The Kier molecular flexibility index (Phi) is 5.51. The summed E-state index contributed by atoms with van der Waals surface area (Å²) in [5, 5.41) is 14.1. The summed E-state index contributed by atoms with van der Waals surface area (Å²) >= 11 is 0. The molecule has 0 radical (unpaired) electrons. The highest BCUT2D eigenvalue weighted by atomic mass is 16.5. The van der Waals surface area contributed by atoms with E-state index in [0.29, 0.717) is 24.9 Å². The molecule has 0 amide bonds. The highest BCUT2D eigenvalue weighted by Crippen LogP contribution is 2.17. The van der Waals surface area contributed by atoms with E-state index in [9.17, 15) is 0 Å². The van der Waals surface area contributed by atoms with E-state index in [-0.39, 0.29) is 0 Å². The molecule has 0 aliphatic carbocycles. The zero-order valence-corrected chi connectivity index (χ0v) is 12.0. The van der Waals surface area contributed by atoms with Crippen molar-refractivity contribution < 1.29 is 4.74 Å². The number of nitrogens with zero attached hydrogens (tertiary/aromatic N) is 3. The van der Waals surface area contributed by atoms with Gasteiger partial charge in [-0.25, -0.2) is 0 Å². The van der Waals surface area contributed by atoms with Crippen molar-refractivity contribution in [3.8, 4) is 5.75 Å². The second-order valence-electron chi connectivity index (χ2n) is 4.32. The largest absolute Gasteiger partial charge is 0.496 e. The van der Waals surface area contributed by atoms with Crippen molar-refractivity contribution in [1.29, 1.82) is 0 Å². The number of hydrogen-bond acceptors (Lipinski definition) is 6. The second-order valence-corrected chi connectivity index (χ2v) is 4.32. The summed E-state index contributed by atoms with van der Waals surface area (Å²) < 4.78 is 5.32. The van der Waals surface area contributed by atoms with E-state index in [1.807, 2.05) is 24.3 Å². The molecule has 0 saturated carbocycles. The fourth-order valence-corrected chi connectivity index (χ4v) is 1.86. The monoisotopic (exact) mass is 285 g/mol. The summed E-state index contributed by atoms with van der Waals surface area (Å²) in [7, 11) is 1.67. The first-order valence-electron chi connectivity index (χ1n) is 6.73. The topological polar surface area (TPSA) is 72.0 Å². The standard InChI is InChI=1S/C15H19N5O/c1-3-9-16-14-11-18-20-15(19-14)17-10-8-12-6-4-5-7-13(12)21-2/h3-7,11H,1,8-10H2,2H3,(H2,16,17,19,20). The lowest BCUT2D eigenvalue weighted by Gasteiger charge is -2.09. The van der Waals surface area contributed by atoms with Gasteiger partial charge in [0.05, 0.1) is 13.3 Å². The van der Waals surface area contributed by atoms with Crippen LogP contribution < -0.4 is 15.4 Å². The van der Waals surface area contributed by atoms with Crippen LogP contribution in [0.5, 0.6) is 5.75 Å². The van der Waals surface area contributed by atoms with E-state index in [4.69, 9.17) is 4.74 Å². The molecule has 1 heterocycles. The molecule has 0 aliphatic heterocycles. The molecule has 0 atom stereocenters. The number of methoxy groups -OCH3 is 1. The smallest absolute Gasteiger partial charge is 0.244 e. The fourth-order valence-electron chi connectivity index (χ4n) is 1.86. The molecule has 1 aromatic carbocycles. The first-order chi connectivity index (χ1) is 10.3. The summed E-state index contributed by atoms with van der Waals surface area (Å²) in [5.41, 5.74) is 1.14. The van der Waals surface area contributed by atoms with Crippen LogP contribution in [0.25, 0.3) is 0 Å². The predicted octanol–water partition coefficient (Wildman–Crippen LogP) is 2.13. The molecule has 6 nitrogen and oxygen atoms in total. The third-order valence-corrected chi connectivity index (χ3v) is 2.86. The average molecular weight is 285 g/mol. The van der Waals surface area contributed by atoms with Gasteiger partial charge in [-0.1, -0.05) is 24.3 Å². The van der Waals surface area contributed by atoms with Crippen LogP contribution >= 0.6 is 0 Å². The van der Waals surface area contributed by atoms with Crippen LogP contribution in [0.15, 0.2) is 43.1 Å². The number of aromatic nitrogens is 3. The molecule has 0 saturated heterocycles. The highest BCUT2D eigenvalue weighted by Gasteiger charge is 2.03. The summed E-state index contributed by atoms with van der Waals surface area (Å²) in [4.78, 5) is 4.31. The Balaban J connectivity index is 1.89. The molecule has 110 valence electrons. The molecular formula is C15H19N5O. The number of hydrogen-bond donors (Lipinski definition) is 2. The van der Waals surface area contributed by atoms with Gasteiger partial charge in [0, 0.05) is 13.1 Å². The average Bonchev–Trinajstić information content (AvgIpc) is 2.54. The Bertz CT molecular complexity index is 588. The van der Waals surface area contributed by atoms with Gasteiger partial charge in [-0.2, -0.15) is 10.1 Å². The Hall–Kier alpha value is -2.63. The molecule has 2 aromatic rings. The first kappa shape index (κ1) is 14.8. The normalized spacial score (nSPS) is 9.95. The van der Waals surface area contributed by atoms with E-state index in [2.05, 4.69) is 32.4 Å². The van der Waals surface area contributed by atoms with E-state index < -0.39 is 0 Å². The van der Waals surface area contributed by atoms with Gasteiger partial charge in [0.1, 0.15) is 5.75 Å². The van der Waals surface area contributed by atoms with Crippen LogP contribution in [0, 0.1) is 0 Å². The molecule has 2 N–H and O–H groups in total. The summed E-state index contributed by atoms with van der Waals surface area (Å²) in [6.07, 6.45) is 4.16.